The van der Waals surface area contributed by atoms with E-state index in [0.29, 0.717) is 5.56 Å². The van der Waals surface area contributed by atoms with Crippen LogP contribution in [0, 0.1) is 5.82 Å². The van der Waals surface area contributed by atoms with Crippen molar-refractivity contribution in [2.45, 2.75) is 6.92 Å². The first-order valence-corrected chi connectivity index (χ1v) is 9.88. The smallest absolute Gasteiger partial charge is 0.411 e. The number of benzene rings is 2. The summed E-state index contributed by atoms with van der Waals surface area (Å²) in [6.07, 6.45) is 2.12. The highest BCUT2D eigenvalue weighted by atomic mass is 19.1. The molecule has 0 aliphatic carbocycles. The quantitative estimate of drug-likeness (QED) is 0.346. The number of amides is 1. The molecule has 0 spiro atoms. The summed E-state index contributed by atoms with van der Waals surface area (Å²) in [7, 11) is 0. The van der Waals surface area contributed by atoms with Gasteiger partial charge in [-0.25, -0.2) is 14.0 Å². The molecule has 0 bridgehead atoms. The van der Waals surface area contributed by atoms with Crippen molar-refractivity contribution in [2.24, 2.45) is 0 Å². The molecule has 0 atom stereocenters. The molecule has 4 aromatic rings. The van der Waals surface area contributed by atoms with Crippen LogP contribution in [0.25, 0.3) is 22.3 Å². The second-order valence-corrected chi connectivity index (χ2v) is 6.80. The van der Waals surface area contributed by atoms with Crippen LogP contribution in [-0.2, 0) is 4.74 Å². The van der Waals surface area contributed by atoms with Crippen LogP contribution in [0.2, 0.25) is 0 Å². The summed E-state index contributed by atoms with van der Waals surface area (Å²) < 4.78 is 29.7. The molecule has 33 heavy (non-hydrogen) atoms. The van der Waals surface area contributed by atoms with Crippen LogP contribution in [0.15, 0.2) is 76.2 Å². The number of rotatable bonds is 5. The van der Waals surface area contributed by atoms with Gasteiger partial charge in [0, 0.05) is 36.2 Å². The van der Waals surface area contributed by atoms with Gasteiger partial charge in [0.25, 0.3) is 0 Å². The monoisotopic (exact) mass is 448 g/mol. The van der Waals surface area contributed by atoms with Crippen molar-refractivity contribution in [3.8, 4) is 17.1 Å². The molecule has 2 heterocycles. The first kappa shape index (κ1) is 21.7. The third-order valence-corrected chi connectivity index (χ3v) is 4.57. The maximum Gasteiger partial charge on any atom is 0.411 e. The Kier molecular flexibility index (Phi) is 6.12. The van der Waals surface area contributed by atoms with Gasteiger partial charge in [-0.2, -0.15) is 0 Å². The lowest BCUT2D eigenvalue weighted by Crippen LogP contribution is -2.15. The number of carbonyl (C=O) groups excluding carboxylic acids is 2. The van der Waals surface area contributed by atoms with E-state index in [0.717, 1.165) is 12.1 Å². The molecule has 9 heteroatoms. The maximum absolute atomic E-state index is 13.7. The molecule has 0 fully saturated rings. The summed E-state index contributed by atoms with van der Waals surface area (Å²) >= 11 is 0. The summed E-state index contributed by atoms with van der Waals surface area (Å²) in [6.45, 7) is 1.77. The van der Waals surface area contributed by atoms with Gasteiger partial charge in [0.1, 0.15) is 22.9 Å². The molecule has 4 rings (SSSR count). The van der Waals surface area contributed by atoms with E-state index in [9.17, 15) is 18.8 Å². The topological polar surface area (TPSA) is 108 Å². The van der Waals surface area contributed by atoms with Crippen molar-refractivity contribution in [1.29, 1.82) is 0 Å². The molecule has 166 valence electrons. The van der Waals surface area contributed by atoms with Gasteiger partial charge < -0.3 is 13.9 Å². The van der Waals surface area contributed by atoms with Crippen molar-refractivity contribution >= 4 is 28.7 Å². The highest BCUT2D eigenvalue weighted by Crippen LogP contribution is 2.33. The second kappa shape index (κ2) is 9.31. The Bertz CT molecular complexity index is 1400. The number of esters is 1. The predicted octanol–water partition coefficient (Wildman–Crippen LogP) is 4.78. The summed E-state index contributed by atoms with van der Waals surface area (Å²) in [5.41, 5.74) is 0.354. The average molecular weight is 448 g/mol. The molecule has 0 saturated heterocycles. The van der Waals surface area contributed by atoms with Gasteiger partial charge >= 0.3 is 12.1 Å². The van der Waals surface area contributed by atoms with Crippen LogP contribution < -0.4 is 15.5 Å². The highest BCUT2D eigenvalue weighted by Gasteiger charge is 2.17. The molecule has 0 aliphatic rings. The summed E-state index contributed by atoms with van der Waals surface area (Å²) in [5, 5.41) is 2.75. The van der Waals surface area contributed by atoms with Gasteiger partial charge in [-0.3, -0.25) is 15.1 Å². The van der Waals surface area contributed by atoms with E-state index in [1.165, 1.54) is 42.7 Å². The van der Waals surface area contributed by atoms with Crippen LogP contribution in [0.4, 0.5) is 14.9 Å². The molecule has 8 nitrogen and oxygen atoms in total. The van der Waals surface area contributed by atoms with Gasteiger partial charge in [-0.15, -0.1) is 0 Å². The summed E-state index contributed by atoms with van der Waals surface area (Å²) in [6, 6.07) is 12.3. The van der Waals surface area contributed by atoms with Crippen LogP contribution in [0.5, 0.6) is 5.75 Å². The standard InChI is InChI=1S/C24H17FN2O6/c1-2-31-24(30)27-19-11-16(32-23(29)14-4-3-9-26-13-14)6-8-17(19)22-12-20(28)18-7-5-15(25)10-21(18)33-22/h3-13H,2H2,1H3,(H,27,30). The van der Waals surface area contributed by atoms with Crippen LogP contribution in [0.3, 0.4) is 0 Å². The Morgan fingerprint density at radius 1 is 1.12 bits per heavy atom. The summed E-state index contributed by atoms with van der Waals surface area (Å²) in [4.78, 5) is 40.8. The lowest BCUT2D eigenvalue weighted by Gasteiger charge is -2.13. The Hall–Kier alpha value is -4.53. The third-order valence-electron chi connectivity index (χ3n) is 4.57. The van der Waals surface area contributed by atoms with Gasteiger partial charge in [-0.1, -0.05) is 0 Å². The Labute approximate surface area is 186 Å². The minimum atomic E-state index is -0.760. The number of hydrogen-bond donors (Lipinski definition) is 1. The fourth-order valence-electron chi connectivity index (χ4n) is 3.09. The van der Waals surface area contributed by atoms with Gasteiger partial charge in [0.15, 0.2) is 5.43 Å². The van der Waals surface area contributed by atoms with E-state index in [4.69, 9.17) is 13.9 Å². The Balaban J connectivity index is 1.75. The number of hydrogen-bond acceptors (Lipinski definition) is 7. The van der Waals surface area contributed by atoms with E-state index < -0.39 is 17.9 Å². The molecule has 1 N–H and O–H groups in total. The van der Waals surface area contributed by atoms with Crippen LogP contribution >= 0.6 is 0 Å². The zero-order chi connectivity index (χ0) is 23.4. The maximum atomic E-state index is 13.7. The normalized spacial score (nSPS) is 10.6. The number of halogens is 1. The SMILES string of the molecule is CCOC(=O)Nc1cc(OC(=O)c2cccnc2)ccc1-c1cc(=O)c2ccc(F)cc2o1. The van der Waals surface area contributed by atoms with Gasteiger partial charge in [-0.05, 0) is 43.3 Å². The minimum Gasteiger partial charge on any atom is -0.456 e. The fourth-order valence-corrected chi connectivity index (χ4v) is 3.09. The van der Waals surface area contributed by atoms with E-state index in [2.05, 4.69) is 10.3 Å². The van der Waals surface area contributed by atoms with Gasteiger partial charge in [0.05, 0.1) is 23.2 Å². The van der Waals surface area contributed by atoms with Crippen molar-refractivity contribution in [1.82, 2.24) is 4.98 Å². The summed E-state index contributed by atoms with van der Waals surface area (Å²) in [5.74, 6) is -1.01. The third kappa shape index (κ3) is 4.87. The molecule has 2 aromatic carbocycles. The zero-order valence-corrected chi connectivity index (χ0v) is 17.3. The number of aromatic nitrogens is 1. The number of carbonyl (C=O) groups is 2. The molecule has 0 saturated carbocycles. The van der Waals surface area contributed by atoms with E-state index in [1.807, 2.05) is 0 Å². The predicted molar refractivity (Wildman–Crippen MR) is 118 cm³/mol. The number of anilines is 1. The van der Waals surface area contributed by atoms with E-state index in [-0.39, 0.29) is 45.8 Å². The van der Waals surface area contributed by atoms with E-state index in [1.54, 1.807) is 19.1 Å². The number of pyridine rings is 1. The van der Waals surface area contributed by atoms with Crippen molar-refractivity contribution in [2.75, 3.05) is 11.9 Å². The molecular weight excluding hydrogens is 431 g/mol. The van der Waals surface area contributed by atoms with Crippen molar-refractivity contribution in [3.05, 3.63) is 88.6 Å². The van der Waals surface area contributed by atoms with Crippen LogP contribution in [-0.4, -0.2) is 23.7 Å². The number of nitrogens with one attached hydrogen (secondary N) is 1. The van der Waals surface area contributed by atoms with Gasteiger partial charge in [0.2, 0.25) is 0 Å². The first-order chi connectivity index (χ1) is 15.9. The molecular formula is C24H17FN2O6. The molecule has 2 aromatic heterocycles. The Morgan fingerprint density at radius 3 is 2.73 bits per heavy atom. The molecule has 0 aliphatic heterocycles. The average Bonchev–Trinajstić information content (AvgIpc) is 2.79. The van der Waals surface area contributed by atoms with Crippen molar-refractivity contribution < 1.29 is 27.9 Å². The largest absolute Gasteiger partial charge is 0.456 e. The lowest BCUT2D eigenvalue weighted by atomic mass is 10.1. The fraction of sp³-hybridized carbons (Fsp3) is 0.0833. The molecule has 0 unspecified atom stereocenters. The van der Waals surface area contributed by atoms with Crippen molar-refractivity contribution in [3.63, 3.8) is 0 Å². The first-order valence-electron chi connectivity index (χ1n) is 9.88. The molecule has 0 radical (unpaired) electrons. The number of nitrogens with zero attached hydrogens (tertiary/aromatic N) is 1. The zero-order valence-electron chi connectivity index (χ0n) is 17.3. The Morgan fingerprint density at radius 2 is 1.97 bits per heavy atom. The minimum absolute atomic E-state index is 0.0478. The second-order valence-electron chi connectivity index (χ2n) is 6.80. The number of ether oxygens (including phenoxy) is 2. The lowest BCUT2D eigenvalue weighted by molar-refractivity contribution is 0.0734. The molecule has 1 amide bonds. The van der Waals surface area contributed by atoms with E-state index >= 15 is 0 Å². The van der Waals surface area contributed by atoms with Crippen LogP contribution in [0.1, 0.15) is 17.3 Å². The number of fused-ring (bicyclic) bond motifs is 1. The highest BCUT2D eigenvalue weighted by molar-refractivity contribution is 5.93.